The zero-order valence-corrected chi connectivity index (χ0v) is 8.56. The van der Waals surface area contributed by atoms with Crippen molar-refractivity contribution in [2.75, 3.05) is 0 Å². The second-order valence-corrected chi connectivity index (χ2v) is 3.43. The number of hydrogen-bond donors (Lipinski definition) is 0. The first-order valence-electron chi connectivity index (χ1n) is 3.75. The number of hydrogen-bond acceptors (Lipinski definition) is 3. The third kappa shape index (κ3) is 1.60. The number of aryl methyl sites for hydroxylation is 1. The monoisotopic (exact) mass is 238 g/mol. The summed E-state index contributed by atoms with van der Waals surface area (Å²) in [6.07, 6.45) is 3.11. The van der Waals surface area contributed by atoms with Crippen LogP contribution in [-0.4, -0.2) is 19.7 Å². The van der Waals surface area contributed by atoms with Crippen LogP contribution in [0.3, 0.4) is 0 Å². The van der Waals surface area contributed by atoms with Crippen molar-refractivity contribution in [2.45, 2.75) is 6.92 Å². The Morgan fingerprint density at radius 1 is 1.38 bits per heavy atom. The van der Waals surface area contributed by atoms with Crippen LogP contribution in [0.25, 0.3) is 5.82 Å². The van der Waals surface area contributed by atoms with Crippen LogP contribution in [0, 0.1) is 6.92 Å². The van der Waals surface area contributed by atoms with Gasteiger partial charge < -0.3 is 0 Å². The smallest absolute Gasteiger partial charge is 0.159 e. The predicted molar refractivity (Wildman–Crippen MR) is 51.6 cm³/mol. The lowest BCUT2D eigenvalue weighted by Gasteiger charge is -2.03. The molecule has 0 N–H and O–H groups in total. The van der Waals surface area contributed by atoms with Crippen LogP contribution in [0.1, 0.15) is 5.56 Å². The van der Waals surface area contributed by atoms with Crippen molar-refractivity contribution >= 4 is 15.9 Å². The molecule has 0 bridgehead atoms. The first-order valence-corrected chi connectivity index (χ1v) is 4.55. The van der Waals surface area contributed by atoms with Crippen molar-refractivity contribution in [1.82, 2.24) is 19.7 Å². The Morgan fingerprint density at radius 2 is 2.23 bits per heavy atom. The Balaban J connectivity index is 2.57. The lowest BCUT2D eigenvalue weighted by molar-refractivity contribution is 0.833. The van der Waals surface area contributed by atoms with Gasteiger partial charge in [-0.2, -0.15) is 5.10 Å². The van der Waals surface area contributed by atoms with Gasteiger partial charge in [0.05, 0.1) is 0 Å². The molecule has 2 heterocycles. The number of nitrogens with zero attached hydrogens (tertiary/aromatic N) is 4. The van der Waals surface area contributed by atoms with Crippen molar-refractivity contribution in [2.24, 2.45) is 0 Å². The van der Waals surface area contributed by atoms with Gasteiger partial charge in [0.15, 0.2) is 5.82 Å². The summed E-state index contributed by atoms with van der Waals surface area (Å²) in [5, 5.41) is 4.01. The summed E-state index contributed by atoms with van der Waals surface area (Å²) in [5.74, 6) is 0.798. The molecule has 13 heavy (non-hydrogen) atoms. The molecule has 2 aromatic heterocycles. The minimum Gasteiger partial charge on any atom is -0.223 e. The molecule has 0 atom stereocenters. The number of aromatic nitrogens is 4. The third-order valence-electron chi connectivity index (χ3n) is 1.67. The summed E-state index contributed by atoms with van der Waals surface area (Å²) in [7, 11) is 0. The second kappa shape index (κ2) is 3.26. The Labute approximate surface area is 83.8 Å². The van der Waals surface area contributed by atoms with Crippen LogP contribution >= 0.6 is 15.9 Å². The molecular formula is C8H7BrN4. The van der Waals surface area contributed by atoms with Crippen molar-refractivity contribution in [3.63, 3.8) is 0 Å². The minimum absolute atomic E-state index is 0.795. The van der Waals surface area contributed by atoms with Gasteiger partial charge in [-0.3, -0.25) is 0 Å². The van der Waals surface area contributed by atoms with E-state index in [1.54, 1.807) is 11.0 Å². The molecule has 4 nitrogen and oxygen atoms in total. The summed E-state index contributed by atoms with van der Waals surface area (Å²) in [5.41, 5.74) is 1.06. The third-order valence-corrected chi connectivity index (χ3v) is 2.11. The van der Waals surface area contributed by atoms with E-state index in [1.807, 2.05) is 19.1 Å². The predicted octanol–water partition coefficient (Wildman–Crippen LogP) is 1.73. The molecular weight excluding hydrogens is 232 g/mol. The van der Waals surface area contributed by atoms with Gasteiger partial charge in [-0.05, 0) is 34.5 Å². The fourth-order valence-electron chi connectivity index (χ4n) is 1.04. The van der Waals surface area contributed by atoms with Gasteiger partial charge >= 0.3 is 0 Å². The molecule has 0 amide bonds. The first-order chi connectivity index (χ1) is 6.27. The van der Waals surface area contributed by atoms with E-state index in [0.29, 0.717) is 0 Å². The number of rotatable bonds is 1. The van der Waals surface area contributed by atoms with Crippen LogP contribution in [0.2, 0.25) is 0 Å². The van der Waals surface area contributed by atoms with Crippen LogP contribution in [-0.2, 0) is 0 Å². The average molecular weight is 239 g/mol. The normalized spacial score (nSPS) is 10.3. The maximum atomic E-state index is 4.29. The Bertz CT molecular complexity index is 410. The summed E-state index contributed by atoms with van der Waals surface area (Å²) in [4.78, 5) is 8.16. The zero-order valence-electron chi connectivity index (χ0n) is 6.98. The largest absolute Gasteiger partial charge is 0.223 e. The maximum absolute atomic E-state index is 4.29. The van der Waals surface area contributed by atoms with E-state index >= 15 is 0 Å². The standard InChI is InChI=1S/C8H7BrN4/c1-6-2-3-7(9)12-8(6)13-5-10-4-11-13/h2-5H,1H3. The van der Waals surface area contributed by atoms with E-state index in [0.717, 1.165) is 16.0 Å². The van der Waals surface area contributed by atoms with Gasteiger partial charge in [-0.15, -0.1) is 0 Å². The van der Waals surface area contributed by atoms with E-state index in [2.05, 4.69) is 31.0 Å². The van der Waals surface area contributed by atoms with Gasteiger partial charge in [0.1, 0.15) is 17.3 Å². The highest BCUT2D eigenvalue weighted by molar-refractivity contribution is 9.10. The lowest BCUT2D eigenvalue weighted by Crippen LogP contribution is -2.00. The summed E-state index contributed by atoms with van der Waals surface area (Å²) < 4.78 is 2.43. The van der Waals surface area contributed by atoms with Crippen molar-refractivity contribution in [3.8, 4) is 5.82 Å². The van der Waals surface area contributed by atoms with E-state index in [9.17, 15) is 0 Å². The number of halogens is 1. The molecule has 0 saturated heterocycles. The molecule has 0 spiro atoms. The molecule has 0 saturated carbocycles. The molecule has 0 aliphatic rings. The van der Waals surface area contributed by atoms with Crippen LogP contribution < -0.4 is 0 Å². The molecule has 0 unspecified atom stereocenters. The Hall–Kier alpha value is -1.23. The van der Waals surface area contributed by atoms with Crippen molar-refractivity contribution in [1.29, 1.82) is 0 Å². The molecule has 66 valence electrons. The Kier molecular flexibility index (Phi) is 2.10. The molecule has 0 aromatic carbocycles. The van der Waals surface area contributed by atoms with Crippen molar-refractivity contribution in [3.05, 3.63) is 35.0 Å². The second-order valence-electron chi connectivity index (χ2n) is 2.61. The van der Waals surface area contributed by atoms with Gasteiger partial charge in [0.25, 0.3) is 0 Å². The topological polar surface area (TPSA) is 43.6 Å². The molecule has 2 rings (SSSR count). The summed E-state index contributed by atoms with van der Waals surface area (Å²) >= 11 is 3.31. The first kappa shape index (κ1) is 8.37. The lowest BCUT2D eigenvalue weighted by atomic mass is 10.3. The minimum atomic E-state index is 0.795. The van der Waals surface area contributed by atoms with Gasteiger partial charge in [0.2, 0.25) is 0 Å². The fraction of sp³-hybridized carbons (Fsp3) is 0.125. The molecule has 0 aliphatic heterocycles. The molecule has 0 fully saturated rings. The SMILES string of the molecule is Cc1ccc(Br)nc1-n1cncn1. The Morgan fingerprint density at radius 3 is 2.92 bits per heavy atom. The van der Waals surface area contributed by atoms with E-state index in [4.69, 9.17) is 0 Å². The molecule has 0 radical (unpaired) electrons. The van der Waals surface area contributed by atoms with Gasteiger partial charge in [-0.25, -0.2) is 14.6 Å². The van der Waals surface area contributed by atoms with Gasteiger partial charge in [0, 0.05) is 0 Å². The van der Waals surface area contributed by atoms with Crippen LogP contribution in [0.5, 0.6) is 0 Å². The number of pyridine rings is 1. The summed E-state index contributed by atoms with van der Waals surface area (Å²) in [6, 6.07) is 3.88. The fourth-order valence-corrected chi connectivity index (χ4v) is 1.34. The molecule has 0 aliphatic carbocycles. The summed E-state index contributed by atoms with van der Waals surface area (Å²) in [6.45, 7) is 1.98. The zero-order chi connectivity index (χ0) is 9.26. The van der Waals surface area contributed by atoms with Crippen molar-refractivity contribution < 1.29 is 0 Å². The van der Waals surface area contributed by atoms with Crippen LogP contribution in [0.4, 0.5) is 0 Å². The highest BCUT2D eigenvalue weighted by Crippen LogP contribution is 2.13. The highest BCUT2D eigenvalue weighted by atomic mass is 79.9. The molecule has 5 heteroatoms. The van der Waals surface area contributed by atoms with Crippen LogP contribution in [0.15, 0.2) is 29.4 Å². The molecule has 2 aromatic rings. The van der Waals surface area contributed by atoms with E-state index in [-0.39, 0.29) is 0 Å². The quantitative estimate of drug-likeness (QED) is 0.712. The maximum Gasteiger partial charge on any atom is 0.159 e. The average Bonchev–Trinajstić information content (AvgIpc) is 2.61. The van der Waals surface area contributed by atoms with Gasteiger partial charge in [-0.1, -0.05) is 6.07 Å². The van der Waals surface area contributed by atoms with E-state index in [1.165, 1.54) is 6.33 Å². The van der Waals surface area contributed by atoms with E-state index < -0.39 is 0 Å². The highest BCUT2D eigenvalue weighted by Gasteiger charge is 2.03.